The predicted octanol–water partition coefficient (Wildman–Crippen LogP) is 1.69. The molecule has 0 radical (unpaired) electrons. The maximum Gasteiger partial charge on any atom is 0.573 e. The van der Waals surface area contributed by atoms with Crippen LogP contribution in [0.25, 0.3) is 0 Å². The number of hydrogen-bond donors (Lipinski definition) is 1. The Hall–Kier alpha value is -1.46. The molecule has 1 N–H and O–H groups in total. The molecule has 66 valence electrons. The zero-order valence-electron chi connectivity index (χ0n) is 5.67. The van der Waals surface area contributed by atoms with E-state index in [-0.39, 0.29) is 0 Å². The van der Waals surface area contributed by atoms with Crippen LogP contribution in [0.4, 0.5) is 13.2 Å². The largest absolute Gasteiger partial charge is 0.573 e. The summed E-state index contributed by atoms with van der Waals surface area (Å²) in [4.78, 5) is 3.19. The molecule has 6 heteroatoms. The van der Waals surface area contributed by atoms with Gasteiger partial charge in [0.2, 0.25) is 0 Å². The second kappa shape index (κ2) is 2.88. The lowest BCUT2D eigenvalue weighted by atomic mass is 10.4. The molecule has 1 heterocycles. The molecule has 0 aliphatic heterocycles. The molecule has 0 saturated carbocycles. The second-order valence-electron chi connectivity index (χ2n) is 1.87. The lowest BCUT2D eigenvalue weighted by molar-refractivity contribution is -0.275. The van der Waals surface area contributed by atoms with E-state index in [0.29, 0.717) is 0 Å². The van der Waals surface area contributed by atoms with E-state index in [1.807, 2.05) is 0 Å². The molecule has 1 rings (SSSR count). The fourth-order valence-corrected chi connectivity index (χ4v) is 0.587. The van der Waals surface area contributed by atoms with E-state index in [0.717, 1.165) is 12.3 Å². The minimum Gasteiger partial charge on any atom is -0.491 e. The van der Waals surface area contributed by atoms with Crippen molar-refractivity contribution >= 4 is 0 Å². The van der Waals surface area contributed by atoms with Crippen molar-refractivity contribution < 1.29 is 23.0 Å². The van der Waals surface area contributed by atoms with Crippen LogP contribution in [0.2, 0.25) is 0 Å². The molecule has 1 aromatic heterocycles. The Morgan fingerprint density at radius 3 is 2.58 bits per heavy atom. The number of halogens is 3. The number of nitrogens with zero attached hydrogens (tertiary/aromatic N) is 1. The summed E-state index contributed by atoms with van der Waals surface area (Å²) >= 11 is 0. The Balaban J connectivity index is 2.83. The van der Waals surface area contributed by atoms with Gasteiger partial charge >= 0.3 is 6.36 Å². The molecule has 0 saturated heterocycles. The van der Waals surface area contributed by atoms with Crippen LogP contribution in [0.15, 0.2) is 18.3 Å². The van der Waals surface area contributed by atoms with Gasteiger partial charge in [-0.3, -0.25) is 0 Å². The van der Waals surface area contributed by atoms with Gasteiger partial charge in [0, 0.05) is 6.20 Å². The van der Waals surface area contributed by atoms with Crippen molar-refractivity contribution in [1.29, 1.82) is 0 Å². The average molecular weight is 179 g/mol. The van der Waals surface area contributed by atoms with Crippen molar-refractivity contribution in [1.82, 2.24) is 4.98 Å². The Kier molecular flexibility index (Phi) is 2.07. The fourth-order valence-electron chi connectivity index (χ4n) is 0.587. The summed E-state index contributed by atoms with van der Waals surface area (Å²) in [5.74, 6) is -1.49. The molecular weight excluding hydrogens is 175 g/mol. The quantitative estimate of drug-likeness (QED) is 0.713. The van der Waals surface area contributed by atoms with Crippen LogP contribution in [0.3, 0.4) is 0 Å². The third kappa shape index (κ3) is 2.30. The normalized spacial score (nSPS) is 11.2. The van der Waals surface area contributed by atoms with Crippen LogP contribution in [0, 0.1) is 0 Å². The number of aromatic nitrogens is 1. The number of rotatable bonds is 1. The highest BCUT2D eigenvalue weighted by molar-refractivity contribution is 5.30. The fraction of sp³-hybridized carbons (Fsp3) is 0.167. The van der Waals surface area contributed by atoms with E-state index in [9.17, 15) is 13.2 Å². The Morgan fingerprint density at radius 2 is 2.08 bits per heavy atom. The van der Waals surface area contributed by atoms with Gasteiger partial charge in [-0.1, -0.05) is 0 Å². The second-order valence-corrected chi connectivity index (χ2v) is 1.87. The first-order valence-electron chi connectivity index (χ1n) is 2.89. The summed E-state index contributed by atoms with van der Waals surface area (Å²) in [6.45, 7) is 0. The van der Waals surface area contributed by atoms with Gasteiger partial charge in [0.1, 0.15) is 0 Å². The first-order valence-corrected chi connectivity index (χ1v) is 2.89. The van der Waals surface area contributed by atoms with Crippen molar-refractivity contribution in [2.24, 2.45) is 0 Å². The van der Waals surface area contributed by atoms with Crippen LogP contribution < -0.4 is 4.74 Å². The Morgan fingerprint density at radius 1 is 1.42 bits per heavy atom. The number of hydrogen-bond acceptors (Lipinski definition) is 3. The molecule has 0 aliphatic carbocycles. The van der Waals surface area contributed by atoms with E-state index in [2.05, 4.69) is 9.72 Å². The van der Waals surface area contributed by atoms with Crippen LogP contribution >= 0.6 is 0 Å². The highest BCUT2D eigenvalue weighted by Crippen LogP contribution is 2.28. The van der Waals surface area contributed by atoms with Gasteiger partial charge in [0.15, 0.2) is 5.75 Å². The highest BCUT2D eigenvalue weighted by Gasteiger charge is 2.32. The molecule has 0 atom stereocenters. The monoisotopic (exact) mass is 179 g/mol. The summed E-state index contributed by atoms with van der Waals surface area (Å²) < 4.78 is 38.1. The van der Waals surface area contributed by atoms with Crippen molar-refractivity contribution in [2.75, 3.05) is 0 Å². The maximum absolute atomic E-state index is 11.6. The van der Waals surface area contributed by atoms with E-state index >= 15 is 0 Å². The minimum absolute atomic E-state index is 0.704. The van der Waals surface area contributed by atoms with E-state index < -0.39 is 18.0 Å². The SMILES string of the molecule is Oc1ncccc1OC(F)(F)F. The molecule has 0 aliphatic rings. The Bertz CT molecular complexity index is 274. The van der Waals surface area contributed by atoms with Crippen molar-refractivity contribution in [3.05, 3.63) is 18.3 Å². The third-order valence-corrected chi connectivity index (χ3v) is 0.977. The molecule has 3 nitrogen and oxygen atoms in total. The maximum atomic E-state index is 11.6. The van der Waals surface area contributed by atoms with Crippen LogP contribution in [-0.2, 0) is 0 Å². The number of aromatic hydroxyl groups is 1. The molecule has 12 heavy (non-hydrogen) atoms. The molecule has 0 unspecified atom stereocenters. The van der Waals surface area contributed by atoms with Gasteiger partial charge in [0.05, 0.1) is 0 Å². The lowest BCUT2D eigenvalue weighted by Gasteiger charge is -2.08. The molecule has 1 aromatic rings. The van der Waals surface area contributed by atoms with E-state index in [4.69, 9.17) is 5.11 Å². The van der Waals surface area contributed by atoms with Crippen molar-refractivity contribution in [3.63, 3.8) is 0 Å². The smallest absolute Gasteiger partial charge is 0.491 e. The van der Waals surface area contributed by atoms with E-state index in [1.165, 1.54) is 6.07 Å². The third-order valence-electron chi connectivity index (χ3n) is 0.977. The van der Waals surface area contributed by atoms with Crippen LogP contribution in [-0.4, -0.2) is 16.5 Å². The summed E-state index contributed by atoms with van der Waals surface area (Å²) in [5.41, 5.74) is 0. The zero-order chi connectivity index (χ0) is 9.19. The summed E-state index contributed by atoms with van der Waals surface area (Å²) in [7, 11) is 0. The Labute approximate surface area is 65.4 Å². The summed E-state index contributed by atoms with van der Waals surface area (Å²) in [6, 6.07) is 2.19. The van der Waals surface area contributed by atoms with Crippen LogP contribution in [0.1, 0.15) is 0 Å². The summed E-state index contributed by atoms with van der Waals surface area (Å²) in [5, 5.41) is 8.74. The molecule has 0 fully saturated rings. The number of alkyl halides is 3. The minimum atomic E-state index is -4.81. The number of ether oxygens (including phenoxy) is 1. The predicted molar refractivity (Wildman–Crippen MR) is 32.6 cm³/mol. The first-order chi connectivity index (χ1) is 5.49. The van der Waals surface area contributed by atoms with Crippen molar-refractivity contribution in [2.45, 2.75) is 6.36 Å². The lowest BCUT2D eigenvalue weighted by Crippen LogP contribution is -2.17. The molecule has 0 bridgehead atoms. The van der Waals surface area contributed by atoms with Gasteiger partial charge in [-0.2, -0.15) is 0 Å². The zero-order valence-corrected chi connectivity index (χ0v) is 5.67. The van der Waals surface area contributed by atoms with Gasteiger partial charge in [-0.25, -0.2) is 4.98 Å². The molecule has 0 spiro atoms. The molecule has 0 amide bonds. The van der Waals surface area contributed by atoms with Gasteiger partial charge < -0.3 is 9.84 Å². The first kappa shape index (κ1) is 8.63. The topological polar surface area (TPSA) is 42.4 Å². The van der Waals surface area contributed by atoms with Crippen LogP contribution in [0.5, 0.6) is 11.6 Å². The van der Waals surface area contributed by atoms with E-state index in [1.54, 1.807) is 0 Å². The molecular formula is C6H4F3NO2. The highest BCUT2D eigenvalue weighted by atomic mass is 19.4. The van der Waals surface area contributed by atoms with Gasteiger partial charge in [-0.05, 0) is 12.1 Å². The van der Waals surface area contributed by atoms with Gasteiger partial charge in [-0.15, -0.1) is 13.2 Å². The average Bonchev–Trinajstić information content (AvgIpc) is 1.91. The van der Waals surface area contributed by atoms with Crippen molar-refractivity contribution in [3.8, 4) is 11.6 Å². The van der Waals surface area contributed by atoms with Gasteiger partial charge in [0.25, 0.3) is 5.88 Å². The number of pyridine rings is 1. The summed E-state index contributed by atoms with van der Waals surface area (Å²) in [6.07, 6.45) is -3.65. The standard InChI is InChI=1S/C6H4F3NO2/c7-6(8,9)12-4-2-1-3-10-5(4)11/h1-3H,(H,10,11). The molecule has 0 aromatic carbocycles.